The molecule has 140 valence electrons. The summed E-state index contributed by atoms with van der Waals surface area (Å²) in [6, 6.07) is 3.71. The van der Waals surface area contributed by atoms with E-state index in [0.29, 0.717) is 31.1 Å². The highest BCUT2D eigenvalue weighted by Crippen LogP contribution is 2.13. The third-order valence-corrected chi connectivity index (χ3v) is 4.65. The van der Waals surface area contributed by atoms with Crippen LogP contribution < -0.4 is 5.32 Å². The van der Waals surface area contributed by atoms with Gasteiger partial charge in [-0.15, -0.1) is 0 Å². The molecule has 0 unspecified atom stereocenters. The summed E-state index contributed by atoms with van der Waals surface area (Å²) in [6.07, 6.45) is 11.0. The van der Waals surface area contributed by atoms with Crippen LogP contribution in [0.3, 0.4) is 0 Å². The van der Waals surface area contributed by atoms with Gasteiger partial charge in [-0.1, -0.05) is 24.4 Å². The molecule has 3 rings (SSSR count). The number of hydrogen-bond acceptors (Lipinski definition) is 6. The SMILES string of the molecule is O=C(CCN1CCCCCCC1)NCCc1nc(-c2cccnc2)no1. The molecule has 1 aliphatic heterocycles. The fourth-order valence-electron chi connectivity index (χ4n) is 3.16. The highest BCUT2D eigenvalue weighted by molar-refractivity contribution is 5.76. The summed E-state index contributed by atoms with van der Waals surface area (Å²) in [5.74, 6) is 1.13. The molecule has 1 aliphatic rings. The van der Waals surface area contributed by atoms with Crippen LogP contribution >= 0.6 is 0 Å². The minimum Gasteiger partial charge on any atom is -0.356 e. The van der Waals surface area contributed by atoms with Gasteiger partial charge in [0, 0.05) is 43.9 Å². The number of hydrogen-bond donors (Lipinski definition) is 1. The Hall–Kier alpha value is -2.28. The first kappa shape index (κ1) is 18.5. The molecule has 26 heavy (non-hydrogen) atoms. The second-order valence-electron chi connectivity index (χ2n) is 6.71. The number of nitrogens with one attached hydrogen (secondary N) is 1. The van der Waals surface area contributed by atoms with Gasteiger partial charge in [0.15, 0.2) is 0 Å². The topological polar surface area (TPSA) is 84.2 Å². The molecule has 0 aliphatic carbocycles. The van der Waals surface area contributed by atoms with Crippen LogP contribution in [0, 0.1) is 0 Å². The van der Waals surface area contributed by atoms with Crippen LogP contribution in [0.5, 0.6) is 0 Å². The minimum absolute atomic E-state index is 0.0825. The van der Waals surface area contributed by atoms with E-state index in [1.807, 2.05) is 12.1 Å². The predicted octanol–water partition coefficient (Wildman–Crippen LogP) is 2.45. The second-order valence-corrected chi connectivity index (χ2v) is 6.71. The molecule has 2 aromatic heterocycles. The van der Waals surface area contributed by atoms with Gasteiger partial charge in [-0.05, 0) is 38.1 Å². The van der Waals surface area contributed by atoms with Gasteiger partial charge in [-0.25, -0.2) is 0 Å². The van der Waals surface area contributed by atoms with Gasteiger partial charge >= 0.3 is 0 Å². The quantitative estimate of drug-likeness (QED) is 0.819. The van der Waals surface area contributed by atoms with Gasteiger partial charge in [-0.2, -0.15) is 4.98 Å². The maximum atomic E-state index is 12.0. The van der Waals surface area contributed by atoms with Gasteiger partial charge in [-0.3, -0.25) is 9.78 Å². The van der Waals surface area contributed by atoms with Crippen LogP contribution in [0.1, 0.15) is 44.4 Å². The Labute approximate surface area is 154 Å². The van der Waals surface area contributed by atoms with Crippen LogP contribution in [-0.4, -0.2) is 52.1 Å². The molecule has 0 bridgehead atoms. The van der Waals surface area contributed by atoms with Gasteiger partial charge in [0.05, 0.1) is 0 Å². The number of amides is 1. The Morgan fingerprint density at radius 1 is 1.19 bits per heavy atom. The van der Waals surface area contributed by atoms with Crippen molar-refractivity contribution in [1.29, 1.82) is 0 Å². The zero-order valence-corrected chi connectivity index (χ0v) is 15.2. The van der Waals surface area contributed by atoms with Crippen LogP contribution in [0.15, 0.2) is 29.0 Å². The highest BCUT2D eigenvalue weighted by Gasteiger charge is 2.11. The molecule has 7 heteroatoms. The second kappa shape index (κ2) is 10.0. The van der Waals surface area contributed by atoms with Crippen molar-refractivity contribution in [2.75, 3.05) is 26.2 Å². The van der Waals surface area contributed by atoms with Crippen molar-refractivity contribution >= 4 is 5.91 Å². The molecule has 0 radical (unpaired) electrons. The van der Waals surface area contributed by atoms with Crippen LogP contribution in [0.4, 0.5) is 0 Å². The van der Waals surface area contributed by atoms with Gasteiger partial charge in [0.25, 0.3) is 0 Å². The standard InChI is InChI=1S/C19H27N5O2/c25-17(9-14-24-12-4-2-1-3-5-13-24)21-11-8-18-22-19(23-26-18)16-7-6-10-20-15-16/h6-7,10,15H,1-5,8-9,11-14H2,(H,21,25). The van der Waals surface area contributed by atoms with Gasteiger partial charge < -0.3 is 14.7 Å². The molecule has 7 nitrogen and oxygen atoms in total. The zero-order valence-electron chi connectivity index (χ0n) is 15.2. The molecule has 1 saturated heterocycles. The lowest BCUT2D eigenvalue weighted by atomic mass is 10.1. The Morgan fingerprint density at radius 3 is 2.77 bits per heavy atom. The average molecular weight is 357 g/mol. The van der Waals surface area contributed by atoms with E-state index in [1.54, 1.807) is 12.4 Å². The number of rotatable bonds is 7. The Morgan fingerprint density at radius 2 is 2.00 bits per heavy atom. The molecule has 1 fully saturated rings. The lowest BCUT2D eigenvalue weighted by molar-refractivity contribution is -0.121. The van der Waals surface area contributed by atoms with Crippen molar-refractivity contribution in [3.05, 3.63) is 30.4 Å². The van der Waals surface area contributed by atoms with E-state index < -0.39 is 0 Å². The van der Waals surface area contributed by atoms with E-state index in [9.17, 15) is 4.79 Å². The summed E-state index contributed by atoms with van der Waals surface area (Å²) < 4.78 is 5.23. The Balaban J connectivity index is 1.35. The van der Waals surface area contributed by atoms with Crippen LogP contribution in [0.2, 0.25) is 0 Å². The maximum absolute atomic E-state index is 12.0. The smallest absolute Gasteiger partial charge is 0.228 e. The number of nitrogens with zero attached hydrogens (tertiary/aromatic N) is 4. The van der Waals surface area contributed by atoms with E-state index in [1.165, 1.54) is 32.1 Å². The molecule has 1 amide bonds. The Bertz CT molecular complexity index is 666. The Kier molecular flexibility index (Phi) is 7.13. The maximum Gasteiger partial charge on any atom is 0.228 e. The summed E-state index contributed by atoms with van der Waals surface area (Å²) >= 11 is 0. The van der Waals surface area contributed by atoms with Crippen molar-refractivity contribution in [3.63, 3.8) is 0 Å². The van der Waals surface area contributed by atoms with Crippen LogP contribution in [0.25, 0.3) is 11.4 Å². The largest absolute Gasteiger partial charge is 0.356 e. The molecular formula is C19H27N5O2. The lowest BCUT2D eigenvalue weighted by Crippen LogP contribution is -2.33. The van der Waals surface area contributed by atoms with Crippen molar-refractivity contribution in [3.8, 4) is 11.4 Å². The third kappa shape index (κ3) is 5.91. The first-order chi connectivity index (χ1) is 12.8. The fraction of sp³-hybridized carbons (Fsp3) is 0.579. The predicted molar refractivity (Wildman–Crippen MR) is 98.4 cm³/mol. The number of pyridine rings is 1. The first-order valence-corrected chi connectivity index (χ1v) is 9.53. The molecule has 0 aromatic carbocycles. The molecule has 0 spiro atoms. The summed E-state index contributed by atoms with van der Waals surface area (Å²) in [5.41, 5.74) is 0.819. The summed E-state index contributed by atoms with van der Waals surface area (Å²) in [7, 11) is 0. The molecule has 2 aromatic rings. The van der Waals surface area contributed by atoms with E-state index in [0.717, 1.165) is 25.2 Å². The highest BCUT2D eigenvalue weighted by atomic mass is 16.5. The summed E-state index contributed by atoms with van der Waals surface area (Å²) in [5, 5.41) is 6.89. The molecular weight excluding hydrogens is 330 g/mol. The van der Waals surface area contributed by atoms with E-state index >= 15 is 0 Å². The molecule has 0 saturated carbocycles. The van der Waals surface area contributed by atoms with Crippen molar-refractivity contribution < 1.29 is 9.32 Å². The van der Waals surface area contributed by atoms with Crippen molar-refractivity contribution in [2.45, 2.75) is 44.9 Å². The average Bonchev–Trinajstić information content (AvgIpc) is 3.10. The van der Waals surface area contributed by atoms with Crippen LogP contribution in [-0.2, 0) is 11.2 Å². The van der Waals surface area contributed by atoms with E-state index in [-0.39, 0.29) is 5.91 Å². The summed E-state index contributed by atoms with van der Waals surface area (Å²) in [6.45, 7) is 3.59. The lowest BCUT2D eigenvalue weighted by Gasteiger charge is -2.24. The van der Waals surface area contributed by atoms with Gasteiger partial charge in [0.2, 0.25) is 17.6 Å². The molecule has 0 atom stereocenters. The number of carbonyl (C=O) groups is 1. The number of carbonyl (C=O) groups excluding carboxylic acids is 1. The normalized spacial score (nSPS) is 16.0. The van der Waals surface area contributed by atoms with Gasteiger partial charge in [0.1, 0.15) is 0 Å². The fourth-order valence-corrected chi connectivity index (χ4v) is 3.16. The monoisotopic (exact) mass is 357 g/mol. The van der Waals surface area contributed by atoms with E-state index in [2.05, 4.69) is 25.3 Å². The first-order valence-electron chi connectivity index (χ1n) is 9.53. The molecule has 1 N–H and O–H groups in total. The summed E-state index contributed by atoms with van der Waals surface area (Å²) in [4.78, 5) is 22.8. The van der Waals surface area contributed by atoms with E-state index in [4.69, 9.17) is 4.52 Å². The number of aromatic nitrogens is 3. The third-order valence-electron chi connectivity index (χ3n) is 4.65. The number of likely N-dealkylation sites (tertiary alicyclic amines) is 1. The molecule has 3 heterocycles. The minimum atomic E-state index is 0.0825. The van der Waals surface area contributed by atoms with Crippen molar-refractivity contribution in [1.82, 2.24) is 25.3 Å². The van der Waals surface area contributed by atoms with Crippen molar-refractivity contribution in [2.24, 2.45) is 0 Å². The zero-order chi connectivity index (χ0) is 18.0.